The Morgan fingerprint density at radius 2 is 1.68 bits per heavy atom. The molecule has 0 aromatic heterocycles. The second-order valence-corrected chi connectivity index (χ2v) is 7.95. The summed E-state index contributed by atoms with van der Waals surface area (Å²) in [5.74, 6) is 0.115. The summed E-state index contributed by atoms with van der Waals surface area (Å²) in [5.41, 5.74) is -0.934. The average Bonchev–Trinajstić information content (AvgIpc) is 3.16. The molecule has 3 N–H and O–H groups in total. The molecular formula is C20H28F3N3O2. The molecule has 1 saturated carbocycles. The number of urea groups is 1. The maximum absolute atomic E-state index is 12.9. The van der Waals surface area contributed by atoms with E-state index in [4.69, 9.17) is 0 Å². The monoisotopic (exact) mass is 399 g/mol. The van der Waals surface area contributed by atoms with Crippen molar-refractivity contribution in [3.05, 3.63) is 35.4 Å². The number of rotatable bonds is 7. The van der Waals surface area contributed by atoms with Gasteiger partial charge in [-0.2, -0.15) is 13.2 Å². The molecule has 1 aliphatic rings. The van der Waals surface area contributed by atoms with Gasteiger partial charge in [-0.1, -0.05) is 44.9 Å². The molecule has 0 atom stereocenters. The number of halogens is 3. The molecule has 156 valence electrons. The van der Waals surface area contributed by atoms with Gasteiger partial charge in [0.15, 0.2) is 0 Å². The predicted molar refractivity (Wildman–Crippen MR) is 101 cm³/mol. The van der Waals surface area contributed by atoms with Gasteiger partial charge in [0.25, 0.3) is 0 Å². The molecule has 0 heterocycles. The highest BCUT2D eigenvalue weighted by Gasteiger charge is 2.32. The van der Waals surface area contributed by atoms with Crippen molar-refractivity contribution in [1.82, 2.24) is 16.0 Å². The molecule has 0 spiro atoms. The summed E-state index contributed by atoms with van der Waals surface area (Å²) in [4.78, 5) is 23.7. The predicted octanol–water partition coefficient (Wildman–Crippen LogP) is 3.59. The molecule has 1 aromatic carbocycles. The van der Waals surface area contributed by atoms with E-state index >= 15 is 0 Å². The van der Waals surface area contributed by atoms with Crippen LogP contribution in [0.4, 0.5) is 18.0 Å². The topological polar surface area (TPSA) is 70.2 Å². The average molecular weight is 399 g/mol. The summed E-state index contributed by atoms with van der Waals surface area (Å²) in [5, 5.41) is 7.93. The van der Waals surface area contributed by atoms with Gasteiger partial charge < -0.3 is 16.0 Å². The van der Waals surface area contributed by atoms with Crippen LogP contribution in [-0.4, -0.2) is 31.6 Å². The van der Waals surface area contributed by atoms with Crippen LogP contribution in [0.1, 0.15) is 50.7 Å². The fraction of sp³-hybridized carbons (Fsp3) is 0.600. The van der Waals surface area contributed by atoms with Crippen molar-refractivity contribution in [2.45, 2.75) is 51.1 Å². The highest BCUT2D eigenvalue weighted by Crippen LogP contribution is 2.32. The van der Waals surface area contributed by atoms with Crippen molar-refractivity contribution in [2.75, 3.05) is 19.6 Å². The number of carbonyl (C=O) groups excluding carboxylic acids is 2. The van der Waals surface area contributed by atoms with Crippen LogP contribution < -0.4 is 16.0 Å². The van der Waals surface area contributed by atoms with Crippen LogP contribution in [0, 0.1) is 5.92 Å². The first-order chi connectivity index (χ1) is 13.1. The zero-order valence-corrected chi connectivity index (χ0v) is 16.3. The molecule has 1 fully saturated rings. The van der Waals surface area contributed by atoms with Crippen molar-refractivity contribution in [1.29, 1.82) is 0 Å². The van der Waals surface area contributed by atoms with Gasteiger partial charge in [-0.05, 0) is 30.4 Å². The molecule has 0 radical (unpaired) electrons. The summed E-state index contributed by atoms with van der Waals surface area (Å²) >= 11 is 0. The minimum Gasteiger partial charge on any atom is -0.354 e. The number of benzene rings is 1. The lowest BCUT2D eigenvalue weighted by atomic mass is 9.83. The molecule has 8 heteroatoms. The van der Waals surface area contributed by atoms with Crippen LogP contribution in [-0.2, 0) is 16.4 Å². The van der Waals surface area contributed by atoms with Crippen LogP contribution in [0.15, 0.2) is 24.3 Å². The molecule has 0 aliphatic heterocycles. The summed E-state index contributed by atoms with van der Waals surface area (Å²) in [7, 11) is 0. The number of nitrogens with one attached hydrogen (secondary N) is 3. The van der Waals surface area contributed by atoms with E-state index in [0.717, 1.165) is 25.0 Å². The molecular weight excluding hydrogens is 371 g/mol. The highest BCUT2D eigenvalue weighted by molar-refractivity contribution is 5.83. The molecule has 1 aromatic rings. The van der Waals surface area contributed by atoms with Crippen LogP contribution in [0.3, 0.4) is 0 Å². The smallest absolute Gasteiger partial charge is 0.354 e. The van der Waals surface area contributed by atoms with Crippen LogP contribution in [0.5, 0.6) is 0 Å². The van der Waals surface area contributed by atoms with Gasteiger partial charge in [-0.3, -0.25) is 4.79 Å². The Kier molecular flexibility index (Phi) is 7.32. The number of hydrogen-bond acceptors (Lipinski definition) is 2. The van der Waals surface area contributed by atoms with Gasteiger partial charge in [0, 0.05) is 18.5 Å². The first kappa shape index (κ1) is 22.0. The minimum absolute atomic E-state index is 0.151. The van der Waals surface area contributed by atoms with Crippen molar-refractivity contribution in [3.63, 3.8) is 0 Å². The van der Waals surface area contributed by atoms with Crippen LogP contribution in [0.2, 0.25) is 0 Å². The lowest BCUT2D eigenvalue weighted by Gasteiger charge is -2.26. The highest BCUT2D eigenvalue weighted by atomic mass is 19.4. The third-order valence-corrected chi connectivity index (χ3v) is 5.13. The van der Waals surface area contributed by atoms with Crippen molar-refractivity contribution in [3.8, 4) is 0 Å². The number of hydrogen-bond donors (Lipinski definition) is 3. The van der Waals surface area contributed by atoms with E-state index in [9.17, 15) is 22.8 Å². The second-order valence-electron chi connectivity index (χ2n) is 7.95. The largest absolute Gasteiger partial charge is 0.416 e. The van der Waals surface area contributed by atoms with Crippen LogP contribution in [0.25, 0.3) is 0 Å². The van der Waals surface area contributed by atoms with Crippen molar-refractivity contribution < 1.29 is 22.8 Å². The summed E-state index contributed by atoms with van der Waals surface area (Å²) in [6, 6.07) is 4.69. The van der Waals surface area contributed by atoms with Gasteiger partial charge in [0.05, 0.1) is 12.1 Å². The summed E-state index contributed by atoms with van der Waals surface area (Å²) < 4.78 is 38.7. The number of amides is 3. The molecule has 2 rings (SSSR count). The van der Waals surface area contributed by atoms with E-state index in [-0.39, 0.29) is 19.1 Å². The van der Waals surface area contributed by atoms with Gasteiger partial charge in [0.2, 0.25) is 5.91 Å². The number of carbonyl (C=O) groups is 2. The summed E-state index contributed by atoms with van der Waals surface area (Å²) in [6.07, 6.45) is 0.206. The molecule has 28 heavy (non-hydrogen) atoms. The molecule has 1 aliphatic carbocycles. The van der Waals surface area contributed by atoms with E-state index in [1.54, 1.807) is 19.9 Å². The Morgan fingerprint density at radius 3 is 2.32 bits per heavy atom. The van der Waals surface area contributed by atoms with Crippen LogP contribution >= 0.6 is 0 Å². The van der Waals surface area contributed by atoms with Gasteiger partial charge >= 0.3 is 12.2 Å². The SMILES string of the molecule is CC(C)(CNC(=O)CNC(=O)NCC1CCCC1)c1cccc(C(F)(F)F)c1. The summed E-state index contributed by atoms with van der Waals surface area (Å²) in [6.45, 7) is 4.08. The first-order valence-electron chi connectivity index (χ1n) is 9.54. The fourth-order valence-electron chi connectivity index (χ4n) is 3.28. The molecule has 5 nitrogen and oxygen atoms in total. The van der Waals surface area contributed by atoms with Crippen molar-refractivity contribution >= 4 is 11.9 Å². The van der Waals surface area contributed by atoms with E-state index < -0.39 is 23.1 Å². The van der Waals surface area contributed by atoms with E-state index in [1.807, 2.05) is 0 Å². The normalized spacial score (nSPS) is 15.3. The lowest BCUT2D eigenvalue weighted by molar-refractivity contribution is -0.137. The fourth-order valence-corrected chi connectivity index (χ4v) is 3.28. The maximum Gasteiger partial charge on any atom is 0.416 e. The quantitative estimate of drug-likeness (QED) is 0.656. The minimum atomic E-state index is -4.41. The van der Waals surface area contributed by atoms with Gasteiger partial charge in [0.1, 0.15) is 0 Å². The second kappa shape index (κ2) is 9.30. The standard InChI is InChI=1S/C20H28F3N3O2/c1-19(2,15-8-5-9-16(10-15)20(21,22)23)13-26-17(27)12-25-18(28)24-11-14-6-3-4-7-14/h5,8-10,14H,3-4,6-7,11-13H2,1-2H3,(H,26,27)(H2,24,25,28). The lowest BCUT2D eigenvalue weighted by Crippen LogP contribution is -2.45. The third-order valence-electron chi connectivity index (χ3n) is 5.13. The van der Waals surface area contributed by atoms with E-state index in [2.05, 4.69) is 16.0 Å². The Hall–Kier alpha value is -2.25. The Labute approximate surface area is 163 Å². The first-order valence-corrected chi connectivity index (χ1v) is 9.54. The molecule has 0 saturated heterocycles. The zero-order valence-electron chi connectivity index (χ0n) is 16.3. The third kappa shape index (κ3) is 6.73. The Bertz CT molecular complexity index is 684. The molecule has 3 amide bonds. The van der Waals surface area contributed by atoms with Crippen molar-refractivity contribution in [2.24, 2.45) is 5.92 Å². The zero-order chi connectivity index (χ0) is 20.8. The van der Waals surface area contributed by atoms with E-state index in [0.29, 0.717) is 18.0 Å². The molecule has 0 bridgehead atoms. The maximum atomic E-state index is 12.9. The Morgan fingerprint density at radius 1 is 1.04 bits per heavy atom. The van der Waals surface area contributed by atoms with Gasteiger partial charge in [-0.15, -0.1) is 0 Å². The number of alkyl halides is 3. The molecule has 0 unspecified atom stereocenters. The van der Waals surface area contributed by atoms with E-state index in [1.165, 1.54) is 18.9 Å². The Balaban J connectivity index is 1.77. The van der Waals surface area contributed by atoms with Gasteiger partial charge in [-0.25, -0.2) is 4.79 Å².